The van der Waals surface area contributed by atoms with Crippen molar-refractivity contribution in [3.05, 3.63) is 83.8 Å². The third kappa shape index (κ3) is 4.25. The van der Waals surface area contributed by atoms with Gasteiger partial charge in [-0.3, -0.25) is 9.59 Å². The summed E-state index contributed by atoms with van der Waals surface area (Å²) in [5, 5.41) is 7.66. The minimum atomic E-state index is -0.133. The topological polar surface area (TPSA) is 97.4 Å². The third-order valence-corrected chi connectivity index (χ3v) is 7.32. The lowest BCUT2D eigenvalue weighted by Crippen LogP contribution is -2.33. The molecule has 1 N–H and O–H groups in total. The number of carbonyl (C=O) groups excluding carboxylic acids is 2. The van der Waals surface area contributed by atoms with Crippen LogP contribution in [0.3, 0.4) is 0 Å². The van der Waals surface area contributed by atoms with Crippen LogP contribution in [0.5, 0.6) is 0 Å². The van der Waals surface area contributed by atoms with Gasteiger partial charge >= 0.3 is 0 Å². The molecule has 2 amide bonds. The molecule has 1 aromatic carbocycles. The predicted octanol–water partition coefficient (Wildman–Crippen LogP) is 3.62. The van der Waals surface area contributed by atoms with Crippen LogP contribution in [0, 0.1) is 0 Å². The number of aromatic nitrogens is 5. The van der Waals surface area contributed by atoms with E-state index in [-0.39, 0.29) is 23.9 Å². The van der Waals surface area contributed by atoms with Crippen LogP contribution in [0.2, 0.25) is 0 Å². The normalized spacial score (nSPS) is 18.2. The molecule has 36 heavy (non-hydrogen) atoms. The summed E-state index contributed by atoms with van der Waals surface area (Å²) in [6, 6.07) is 9.78. The van der Waals surface area contributed by atoms with Crippen LogP contribution in [0.15, 0.2) is 61.4 Å². The molecule has 9 nitrogen and oxygen atoms in total. The highest BCUT2D eigenvalue weighted by molar-refractivity contribution is 6.00. The minimum absolute atomic E-state index is 0.00120. The van der Waals surface area contributed by atoms with Crippen molar-refractivity contribution in [1.29, 1.82) is 0 Å². The largest absolute Gasteiger partial charge is 0.349 e. The number of carbonyl (C=O) groups is 2. The van der Waals surface area contributed by atoms with E-state index in [0.29, 0.717) is 29.9 Å². The van der Waals surface area contributed by atoms with Gasteiger partial charge in [-0.15, -0.1) is 0 Å². The maximum atomic E-state index is 13.6. The van der Waals surface area contributed by atoms with E-state index in [4.69, 9.17) is 0 Å². The third-order valence-electron chi connectivity index (χ3n) is 7.32. The molecule has 2 aliphatic rings. The maximum Gasteiger partial charge on any atom is 0.256 e. The molecule has 0 bridgehead atoms. The van der Waals surface area contributed by atoms with Gasteiger partial charge in [0.15, 0.2) is 5.65 Å². The van der Waals surface area contributed by atoms with E-state index in [1.54, 1.807) is 29.4 Å². The average molecular weight is 484 g/mol. The maximum absolute atomic E-state index is 13.6. The summed E-state index contributed by atoms with van der Waals surface area (Å²) in [6.45, 7) is 1.34. The summed E-state index contributed by atoms with van der Waals surface area (Å²) in [5.41, 5.74) is 3.60. The van der Waals surface area contributed by atoms with Gasteiger partial charge in [0.25, 0.3) is 11.8 Å². The molecule has 0 spiro atoms. The smallest absolute Gasteiger partial charge is 0.256 e. The van der Waals surface area contributed by atoms with Crippen molar-refractivity contribution >= 4 is 17.5 Å². The molecule has 4 heterocycles. The zero-order valence-corrected chi connectivity index (χ0v) is 20.1. The number of benzene rings is 1. The first kappa shape index (κ1) is 22.5. The second-order valence-corrected chi connectivity index (χ2v) is 9.71. The second kappa shape index (κ2) is 9.56. The van der Waals surface area contributed by atoms with Crippen molar-refractivity contribution in [1.82, 2.24) is 34.4 Å². The lowest BCUT2D eigenvalue weighted by Gasteiger charge is -2.25. The Morgan fingerprint density at radius 1 is 1.06 bits per heavy atom. The fourth-order valence-corrected chi connectivity index (χ4v) is 5.53. The Kier molecular flexibility index (Phi) is 5.96. The number of nitrogens with one attached hydrogen (secondary N) is 1. The minimum Gasteiger partial charge on any atom is -0.349 e. The van der Waals surface area contributed by atoms with E-state index in [1.165, 1.54) is 0 Å². The fraction of sp³-hybridized carbons (Fsp3) is 0.370. The first-order valence-electron chi connectivity index (χ1n) is 12.7. The Morgan fingerprint density at radius 2 is 1.94 bits per heavy atom. The van der Waals surface area contributed by atoms with E-state index < -0.39 is 0 Å². The van der Waals surface area contributed by atoms with Gasteiger partial charge in [-0.1, -0.05) is 25.0 Å². The number of imidazole rings is 1. The van der Waals surface area contributed by atoms with Crippen LogP contribution in [0.4, 0.5) is 0 Å². The number of nitrogens with zero attached hydrogens (tertiary/aromatic N) is 6. The molecule has 0 unspecified atom stereocenters. The standard InChI is InChI=1S/C27H29N7O2/c35-26(31-21-7-1-2-8-21)22-16-30-34-24(10-11-29-25(22)34)23-9-4-13-33(23)27(36)20-6-3-5-19(15-20)17-32-14-12-28-18-32/h3,5-6,10-12,14-16,18,21,23H,1-2,4,7-9,13,17H2,(H,31,35)/t23-/m0/s1. The number of likely N-dealkylation sites (tertiary alicyclic amines) is 1. The Morgan fingerprint density at radius 3 is 2.78 bits per heavy atom. The van der Waals surface area contributed by atoms with Gasteiger partial charge in [0, 0.05) is 43.3 Å². The van der Waals surface area contributed by atoms with Crippen LogP contribution in [-0.2, 0) is 6.54 Å². The molecule has 1 saturated carbocycles. The van der Waals surface area contributed by atoms with Gasteiger partial charge in [0.2, 0.25) is 0 Å². The van der Waals surface area contributed by atoms with Crippen molar-refractivity contribution in [3.8, 4) is 0 Å². The Bertz CT molecular complexity index is 1390. The lowest BCUT2D eigenvalue weighted by molar-refractivity contribution is 0.0731. The fourth-order valence-electron chi connectivity index (χ4n) is 5.53. The van der Waals surface area contributed by atoms with Gasteiger partial charge in [-0.2, -0.15) is 5.10 Å². The number of rotatable bonds is 6. The van der Waals surface area contributed by atoms with E-state index in [1.807, 2.05) is 46.0 Å². The van der Waals surface area contributed by atoms with Gasteiger partial charge < -0.3 is 14.8 Å². The molecule has 1 aliphatic heterocycles. The first-order valence-corrected chi connectivity index (χ1v) is 12.7. The van der Waals surface area contributed by atoms with Crippen LogP contribution < -0.4 is 5.32 Å². The van der Waals surface area contributed by atoms with E-state index in [9.17, 15) is 9.59 Å². The molecule has 0 radical (unpaired) electrons. The summed E-state index contributed by atoms with van der Waals surface area (Å²) in [4.78, 5) is 37.1. The van der Waals surface area contributed by atoms with Crippen LogP contribution >= 0.6 is 0 Å². The molecular formula is C27H29N7O2. The van der Waals surface area contributed by atoms with Crippen molar-refractivity contribution < 1.29 is 9.59 Å². The Labute approximate surface area is 209 Å². The van der Waals surface area contributed by atoms with Crippen molar-refractivity contribution in [2.75, 3.05) is 6.54 Å². The molecule has 1 atom stereocenters. The van der Waals surface area contributed by atoms with Crippen molar-refractivity contribution in [2.45, 2.75) is 57.2 Å². The van der Waals surface area contributed by atoms with Crippen molar-refractivity contribution in [2.24, 2.45) is 0 Å². The highest BCUT2D eigenvalue weighted by atomic mass is 16.2. The first-order chi connectivity index (χ1) is 17.7. The number of amides is 2. The molecule has 2 fully saturated rings. The van der Waals surface area contributed by atoms with Crippen LogP contribution in [0.25, 0.3) is 5.65 Å². The second-order valence-electron chi connectivity index (χ2n) is 9.71. The van der Waals surface area contributed by atoms with Gasteiger partial charge in [-0.05, 0) is 49.4 Å². The summed E-state index contributed by atoms with van der Waals surface area (Å²) in [6.07, 6.45) is 14.8. The molecule has 6 rings (SSSR count). The zero-order chi connectivity index (χ0) is 24.5. The summed E-state index contributed by atoms with van der Waals surface area (Å²) in [7, 11) is 0. The molecule has 3 aromatic heterocycles. The highest BCUT2D eigenvalue weighted by Gasteiger charge is 2.33. The summed E-state index contributed by atoms with van der Waals surface area (Å²) >= 11 is 0. The van der Waals surface area contributed by atoms with Gasteiger partial charge in [-0.25, -0.2) is 14.5 Å². The van der Waals surface area contributed by atoms with Crippen LogP contribution in [0.1, 0.15) is 76.5 Å². The van der Waals surface area contributed by atoms with Gasteiger partial charge in [0.1, 0.15) is 5.56 Å². The van der Waals surface area contributed by atoms with Crippen LogP contribution in [-0.4, -0.2) is 53.5 Å². The van der Waals surface area contributed by atoms with Crippen molar-refractivity contribution in [3.63, 3.8) is 0 Å². The Balaban J connectivity index is 1.25. The number of hydrogen-bond donors (Lipinski definition) is 1. The lowest BCUT2D eigenvalue weighted by atomic mass is 10.1. The quantitative estimate of drug-likeness (QED) is 0.452. The molecule has 4 aromatic rings. The Hall–Kier alpha value is -4.01. The molecule has 1 aliphatic carbocycles. The molecule has 1 saturated heterocycles. The predicted molar refractivity (Wildman–Crippen MR) is 133 cm³/mol. The monoisotopic (exact) mass is 483 g/mol. The zero-order valence-electron chi connectivity index (χ0n) is 20.1. The number of fused-ring (bicyclic) bond motifs is 1. The molecular weight excluding hydrogens is 454 g/mol. The highest BCUT2D eigenvalue weighted by Crippen LogP contribution is 2.33. The van der Waals surface area contributed by atoms with E-state index >= 15 is 0 Å². The molecule has 184 valence electrons. The summed E-state index contributed by atoms with van der Waals surface area (Å²) < 4.78 is 3.71. The van der Waals surface area contributed by atoms with Gasteiger partial charge in [0.05, 0.1) is 24.3 Å². The average Bonchev–Trinajstić information content (AvgIpc) is 3.71. The summed E-state index contributed by atoms with van der Waals surface area (Å²) in [5.74, 6) is -0.128. The van der Waals surface area contributed by atoms with E-state index in [2.05, 4.69) is 20.4 Å². The SMILES string of the molecule is O=C(NC1CCCC1)c1cnn2c([C@@H]3CCCN3C(=O)c3cccc(Cn4ccnc4)c3)ccnc12. The molecule has 9 heteroatoms. The number of hydrogen-bond acceptors (Lipinski definition) is 5. The van der Waals surface area contributed by atoms with E-state index in [0.717, 1.165) is 49.8 Å².